The molecular formula is C14H21ClN2O. The quantitative estimate of drug-likeness (QED) is 0.881. The van der Waals surface area contributed by atoms with Crippen molar-refractivity contribution >= 4 is 11.6 Å². The molecule has 18 heavy (non-hydrogen) atoms. The molecule has 1 aliphatic rings. The third-order valence-electron chi connectivity index (χ3n) is 3.39. The topological polar surface area (TPSA) is 33.3 Å². The van der Waals surface area contributed by atoms with E-state index in [-0.39, 0.29) is 5.54 Å². The molecule has 1 atom stereocenters. The number of hydrogen-bond donors (Lipinski definition) is 2. The van der Waals surface area contributed by atoms with E-state index in [0.717, 1.165) is 25.3 Å². The summed E-state index contributed by atoms with van der Waals surface area (Å²) in [5.41, 5.74) is 1.43. The monoisotopic (exact) mass is 268 g/mol. The number of benzene rings is 1. The Hall–Kier alpha value is -0.770. The normalized spacial score (nSPS) is 22.1. The molecule has 0 aromatic heterocycles. The lowest BCUT2D eigenvalue weighted by Crippen LogP contribution is -2.31. The number of nitrogens with one attached hydrogen (secondary N) is 2. The van der Waals surface area contributed by atoms with Crippen LogP contribution in [0.3, 0.4) is 0 Å². The van der Waals surface area contributed by atoms with Crippen molar-refractivity contribution in [2.45, 2.75) is 38.4 Å². The smallest absolute Gasteiger partial charge is 0.137 e. The maximum atomic E-state index is 6.11. The minimum Gasteiger partial charge on any atom is -0.495 e. The zero-order chi connectivity index (χ0) is 13.2. The summed E-state index contributed by atoms with van der Waals surface area (Å²) < 4.78 is 5.14. The third-order valence-corrected chi connectivity index (χ3v) is 3.69. The van der Waals surface area contributed by atoms with Gasteiger partial charge in [0, 0.05) is 24.7 Å². The van der Waals surface area contributed by atoms with Crippen LogP contribution in [0.4, 0.5) is 0 Å². The first-order chi connectivity index (χ1) is 8.50. The van der Waals surface area contributed by atoms with Gasteiger partial charge in [0.25, 0.3) is 0 Å². The van der Waals surface area contributed by atoms with E-state index in [1.165, 1.54) is 5.56 Å². The van der Waals surface area contributed by atoms with Gasteiger partial charge in [-0.05, 0) is 38.0 Å². The maximum absolute atomic E-state index is 6.11. The molecule has 0 radical (unpaired) electrons. The molecule has 1 aromatic rings. The molecule has 2 N–H and O–H groups in total. The molecule has 1 fully saturated rings. The van der Waals surface area contributed by atoms with E-state index < -0.39 is 0 Å². The van der Waals surface area contributed by atoms with Crippen LogP contribution >= 0.6 is 11.6 Å². The largest absolute Gasteiger partial charge is 0.495 e. The van der Waals surface area contributed by atoms with Gasteiger partial charge in [-0.25, -0.2) is 0 Å². The first-order valence-electron chi connectivity index (χ1n) is 6.31. The second-order valence-corrected chi connectivity index (χ2v) is 5.92. The molecule has 1 aromatic carbocycles. The molecule has 4 heteroatoms. The van der Waals surface area contributed by atoms with E-state index in [0.29, 0.717) is 11.1 Å². The molecule has 0 spiro atoms. The molecule has 0 aliphatic carbocycles. The Morgan fingerprint density at radius 3 is 2.83 bits per heavy atom. The van der Waals surface area contributed by atoms with Gasteiger partial charge in [0.2, 0.25) is 0 Å². The highest BCUT2D eigenvalue weighted by molar-refractivity contribution is 6.32. The van der Waals surface area contributed by atoms with Crippen LogP contribution in [0.5, 0.6) is 5.75 Å². The third kappa shape index (κ3) is 3.37. The molecule has 1 saturated heterocycles. The molecule has 100 valence electrons. The molecule has 0 amide bonds. The molecule has 1 heterocycles. The maximum Gasteiger partial charge on any atom is 0.137 e. The minimum atomic E-state index is 0.245. The number of hydrogen-bond acceptors (Lipinski definition) is 3. The molecular weight excluding hydrogens is 248 g/mol. The summed E-state index contributed by atoms with van der Waals surface area (Å²) in [5, 5.41) is 7.73. The molecule has 1 aliphatic heterocycles. The standard InChI is InChI=1S/C14H21ClN2O/c1-14(2)7-11(9-17-14)16-8-10-4-5-13(18-3)12(15)6-10/h4-6,11,16-17H,7-9H2,1-3H3. The highest BCUT2D eigenvalue weighted by Gasteiger charge is 2.29. The fourth-order valence-corrected chi connectivity index (χ4v) is 2.67. The summed E-state index contributed by atoms with van der Waals surface area (Å²) >= 11 is 6.11. The minimum absolute atomic E-state index is 0.245. The zero-order valence-corrected chi connectivity index (χ0v) is 12.0. The highest BCUT2D eigenvalue weighted by atomic mass is 35.5. The van der Waals surface area contributed by atoms with Gasteiger partial charge < -0.3 is 15.4 Å². The average molecular weight is 269 g/mol. The van der Waals surface area contributed by atoms with Crippen LogP contribution in [-0.4, -0.2) is 25.2 Å². The first kappa shape index (κ1) is 13.7. The van der Waals surface area contributed by atoms with Gasteiger partial charge in [-0.2, -0.15) is 0 Å². The Labute approximate surface area is 114 Å². The van der Waals surface area contributed by atoms with Gasteiger partial charge in [0.15, 0.2) is 0 Å². The Balaban J connectivity index is 1.89. The van der Waals surface area contributed by atoms with E-state index >= 15 is 0 Å². The first-order valence-corrected chi connectivity index (χ1v) is 6.69. The Morgan fingerprint density at radius 1 is 1.50 bits per heavy atom. The SMILES string of the molecule is COc1ccc(CNC2CNC(C)(C)C2)cc1Cl. The van der Waals surface area contributed by atoms with Gasteiger partial charge in [-0.3, -0.25) is 0 Å². The second kappa shape index (κ2) is 5.47. The van der Waals surface area contributed by atoms with Crippen molar-refractivity contribution in [3.05, 3.63) is 28.8 Å². The Morgan fingerprint density at radius 2 is 2.28 bits per heavy atom. The van der Waals surface area contributed by atoms with E-state index in [2.05, 4.69) is 24.5 Å². The van der Waals surface area contributed by atoms with Gasteiger partial charge >= 0.3 is 0 Å². The Bertz CT molecular complexity index is 420. The lowest BCUT2D eigenvalue weighted by atomic mass is 10.0. The number of halogens is 1. The van der Waals surface area contributed by atoms with Crippen LogP contribution in [-0.2, 0) is 6.54 Å². The predicted molar refractivity (Wildman–Crippen MR) is 75.3 cm³/mol. The molecule has 3 nitrogen and oxygen atoms in total. The zero-order valence-electron chi connectivity index (χ0n) is 11.2. The average Bonchev–Trinajstić information content (AvgIpc) is 2.66. The molecule has 0 bridgehead atoms. The van der Waals surface area contributed by atoms with E-state index in [4.69, 9.17) is 16.3 Å². The van der Waals surface area contributed by atoms with E-state index in [1.807, 2.05) is 18.2 Å². The molecule has 0 saturated carbocycles. The predicted octanol–water partition coefficient (Wildman–Crippen LogP) is 2.58. The second-order valence-electron chi connectivity index (χ2n) is 5.52. The lowest BCUT2D eigenvalue weighted by molar-refractivity contribution is 0.414. The van der Waals surface area contributed by atoms with Crippen molar-refractivity contribution in [2.24, 2.45) is 0 Å². The number of rotatable bonds is 4. The summed E-state index contributed by atoms with van der Waals surface area (Å²) in [6, 6.07) is 6.45. The van der Waals surface area contributed by atoms with Crippen LogP contribution in [0, 0.1) is 0 Å². The Kier molecular flexibility index (Phi) is 4.15. The van der Waals surface area contributed by atoms with Crippen molar-refractivity contribution in [1.29, 1.82) is 0 Å². The van der Waals surface area contributed by atoms with Crippen LogP contribution in [0.2, 0.25) is 5.02 Å². The van der Waals surface area contributed by atoms with Crippen molar-refractivity contribution in [2.75, 3.05) is 13.7 Å². The van der Waals surface area contributed by atoms with Crippen molar-refractivity contribution in [3.63, 3.8) is 0 Å². The van der Waals surface area contributed by atoms with Crippen LogP contribution in [0.15, 0.2) is 18.2 Å². The number of ether oxygens (including phenoxy) is 1. The van der Waals surface area contributed by atoms with Crippen LogP contribution < -0.4 is 15.4 Å². The number of methoxy groups -OCH3 is 1. The fraction of sp³-hybridized carbons (Fsp3) is 0.571. The van der Waals surface area contributed by atoms with Crippen molar-refractivity contribution in [3.8, 4) is 5.75 Å². The summed E-state index contributed by atoms with van der Waals surface area (Å²) in [7, 11) is 1.63. The van der Waals surface area contributed by atoms with Gasteiger partial charge in [0.1, 0.15) is 5.75 Å². The summed E-state index contributed by atoms with van der Waals surface area (Å²) in [4.78, 5) is 0. The highest BCUT2D eigenvalue weighted by Crippen LogP contribution is 2.25. The van der Waals surface area contributed by atoms with Crippen LogP contribution in [0.25, 0.3) is 0 Å². The van der Waals surface area contributed by atoms with Crippen molar-refractivity contribution in [1.82, 2.24) is 10.6 Å². The van der Waals surface area contributed by atoms with Gasteiger partial charge in [-0.1, -0.05) is 17.7 Å². The van der Waals surface area contributed by atoms with Gasteiger partial charge in [-0.15, -0.1) is 0 Å². The fourth-order valence-electron chi connectivity index (χ4n) is 2.39. The summed E-state index contributed by atoms with van der Waals surface area (Å²) in [6.07, 6.45) is 1.15. The van der Waals surface area contributed by atoms with E-state index in [9.17, 15) is 0 Å². The summed E-state index contributed by atoms with van der Waals surface area (Å²) in [5.74, 6) is 0.726. The van der Waals surface area contributed by atoms with Gasteiger partial charge in [0.05, 0.1) is 12.1 Å². The summed E-state index contributed by atoms with van der Waals surface area (Å²) in [6.45, 7) is 6.33. The van der Waals surface area contributed by atoms with E-state index in [1.54, 1.807) is 7.11 Å². The van der Waals surface area contributed by atoms with Crippen molar-refractivity contribution < 1.29 is 4.74 Å². The van der Waals surface area contributed by atoms with Crippen LogP contribution in [0.1, 0.15) is 25.8 Å². The molecule has 1 unspecified atom stereocenters. The lowest BCUT2D eigenvalue weighted by Gasteiger charge is -2.17. The molecule has 2 rings (SSSR count).